The standard InChI is InChI=1S/C19H17F2N3OS/c20-12-5-3-6-13(21)18(12)23-17(25)11-24-10-4-8-15(24)19-22-14-7-1-2-9-16(14)26-19/h1-3,5-7,9,15H,4,8,10-11H2,(H,23,25)/p+1/t15-/m0/s1. The molecule has 1 amide bonds. The monoisotopic (exact) mass is 374 g/mol. The largest absolute Gasteiger partial charge is 0.319 e. The van der Waals surface area contributed by atoms with Crippen molar-refractivity contribution in [2.75, 3.05) is 18.4 Å². The first-order valence-electron chi connectivity index (χ1n) is 8.56. The van der Waals surface area contributed by atoms with Gasteiger partial charge < -0.3 is 10.2 Å². The lowest BCUT2D eigenvalue weighted by Crippen LogP contribution is -3.11. The van der Waals surface area contributed by atoms with Gasteiger partial charge in [-0.25, -0.2) is 13.8 Å². The number of fused-ring (bicyclic) bond motifs is 1. The predicted molar refractivity (Wildman–Crippen MR) is 97.3 cm³/mol. The fourth-order valence-electron chi connectivity index (χ4n) is 3.47. The van der Waals surface area contributed by atoms with Crippen LogP contribution in [0.2, 0.25) is 0 Å². The zero-order valence-electron chi connectivity index (χ0n) is 14.0. The number of quaternary nitrogens is 1. The van der Waals surface area contributed by atoms with Gasteiger partial charge in [-0.3, -0.25) is 4.79 Å². The van der Waals surface area contributed by atoms with E-state index in [0.29, 0.717) is 0 Å². The van der Waals surface area contributed by atoms with Crippen LogP contribution < -0.4 is 10.2 Å². The lowest BCUT2D eigenvalue weighted by atomic mass is 10.2. The summed E-state index contributed by atoms with van der Waals surface area (Å²) in [5.41, 5.74) is 0.587. The highest BCUT2D eigenvalue weighted by molar-refractivity contribution is 7.18. The first-order valence-corrected chi connectivity index (χ1v) is 9.37. The Kier molecular flexibility index (Phi) is 4.65. The van der Waals surface area contributed by atoms with Gasteiger partial charge in [0.2, 0.25) is 0 Å². The van der Waals surface area contributed by atoms with E-state index in [9.17, 15) is 13.6 Å². The van der Waals surface area contributed by atoms with Gasteiger partial charge >= 0.3 is 0 Å². The van der Waals surface area contributed by atoms with Gasteiger partial charge in [0.05, 0.1) is 16.8 Å². The number of amides is 1. The van der Waals surface area contributed by atoms with E-state index < -0.39 is 17.5 Å². The number of carbonyl (C=O) groups excluding carboxylic acids is 1. The number of hydrogen-bond acceptors (Lipinski definition) is 3. The van der Waals surface area contributed by atoms with Gasteiger partial charge in [0.1, 0.15) is 23.4 Å². The van der Waals surface area contributed by atoms with Crippen LogP contribution in [0.1, 0.15) is 23.9 Å². The van der Waals surface area contributed by atoms with Crippen LogP contribution in [-0.4, -0.2) is 24.0 Å². The number of halogens is 2. The minimum absolute atomic E-state index is 0.142. The smallest absolute Gasteiger partial charge is 0.279 e. The first kappa shape index (κ1) is 17.1. The summed E-state index contributed by atoms with van der Waals surface area (Å²) in [6.45, 7) is 1.00. The Hall–Kier alpha value is -2.38. The molecule has 26 heavy (non-hydrogen) atoms. The van der Waals surface area contributed by atoms with Gasteiger partial charge in [-0.2, -0.15) is 0 Å². The van der Waals surface area contributed by atoms with E-state index in [1.165, 1.54) is 6.07 Å². The van der Waals surface area contributed by atoms with Crippen molar-refractivity contribution in [3.63, 3.8) is 0 Å². The van der Waals surface area contributed by atoms with Crippen LogP contribution in [0.25, 0.3) is 10.2 Å². The molecule has 4 rings (SSSR count). The number of nitrogens with one attached hydrogen (secondary N) is 2. The molecular formula is C19H18F2N3OS+. The van der Waals surface area contributed by atoms with Crippen molar-refractivity contribution in [2.24, 2.45) is 0 Å². The first-order chi connectivity index (χ1) is 12.6. The fraction of sp³-hybridized carbons (Fsp3) is 0.263. The van der Waals surface area contributed by atoms with E-state index in [4.69, 9.17) is 4.98 Å². The molecule has 2 atom stereocenters. The Labute approximate surface area is 153 Å². The predicted octanol–water partition coefficient (Wildman–Crippen LogP) is 2.93. The summed E-state index contributed by atoms with van der Waals surface area (Å²) in [6.07, 6.45) is 1.95. The Morgan fingerprint density at radius 3 is 2.73 bits per heavy atom. The summed E-state index contributed by atoms with van der Waals surface area (Å²) in [7, 11) is 0. The second kappa shape index (κ2) is 7.09. The highest BCUT2D eigenvalue weighted by atomic mass is 32.1. The summed E-state index contributed by atoms with van der Waals surface area (Å²) in [6, 6.07) is 11.6. The molecule has 2 heterocycles. The second-order valence-corrected chi connectivity index (χ2v) is 7.51. The average Bonchev–Trinajstić information content (AvgIpc) is 3.24. The molecule has 7 heteroatoms. The van der Waals surface area contributed by atoms with Crippen LogP contribution >= 0.6 is 11.3 Å². The minimum atomic E-state index is -0.766. The van der Waals surface area contributed by atoms with E-state index in [-0.39, 0.29) is 18.3 Å². The summed E-state index contributed by atoms with van der Waals surface area (Å²) in [5, 5.41) is 3.39. The molecule has 2 N–H and O–H groups in total. The van der Waals surface area contributed by atoms with Crippen molar-refractivity contribution >= 4 is 33.1 Å². The highest BCUT2D eigenvalue weighted by Gasteiger charge is 2.34. The number of benzene rings is 2. The lowest BCUT2D eigenvalue weighted by molar-refractivity contribution is -0.910. The summed E-state index contributed by atoms with van der Waals surface area (Å²) in [4.78, 5) is 18.1. The van der Waals surface area contributed by atoms with Crippen molar-refractivity contribution in [1.29, 1.82) is 0 Å². The number of likely N-dealkylation sites (tertiary alicyclic amines) is 1. The van der Waals surface area contributed by atoms with E-state index in [1.807, 2.05) is 24.3 Å². The van der Waals surface area contributed by atoms with Gasteiger partial charge in [-0.15, -0.1) is 11.3 Å². The molecule has 1 unspecified atom stereocenters. The maximum Gasteiger partial charge on any atom is 0.279 e. The number of anilines is 1. The van der Waals surface area contributed by atoms with Crippen molar-refractivity contribution in [1.82, 2.24) is 4.98 Å². The molecule has 1 saturated heterocycles. The van der Waals surface area contributed by atoms with Gasteiger partial charge in [0, 0.05) is 12.8 Å². The molecule has 1 aliphatic rings. The number of rotatable bonds is 4. The third-order valence-electron chi connectivity index (χ3n) is 4.71. The second-order valence-electron chi connectivity index (χ2n) is 6.44. The molecule has 0 bridgehead atoms. The number of thiazole rings is 1. The van der Waals surface area contributed by atoms with Crippen LogP contribution in [-0.2, 0) is 4.79 Å². The zero-order chi connectivity index (χ0) is 18.1. The van der Waals surface area contributed by atoms with Crippen LogP contribution in [0.3, 0.4) is 0 Å². The molecule has 1 aromatic heterocycles. The maximum absolute atomic E-state index is 13.7. The number of aromatic nitrogens is 1. The van der Waals surface area contributed by atoms with Gasteiger partial charge in [-0.05, 0) is 24.3 Å². The third-order valence-corrected chi connectivity index (χ3v) is 5.86. The molecule has 0 saturated carbocycles. The average molecular weight is 374 g/mol. The molecule has 1 fully saturated rings. The maximum atomic E-state index is 13.7. The minimum Gasteiger partial charge on any atom is -0.319 e. The number of carbonyl (C=O) groups is 1. The third kappa shape index (κ3) is 3.32. The molecule has 0 spiro atoms. The Morgan fingerprint density at radius 1 is 1.19 bits per heavy atom. The molecule has 134 valence electrons. The van der Waals surface area contributed by atoms with Crippen molar-refractivity contribution < 1.29 is 18.5 Å². The number of nitrogens with zero attached hydrogens (tertiary/aromatic N) is 1. The van der Waals surface area contributed by atoms with E-state index in [1.54, 1.807) is 11.3 Å². The van der Waals surface area contributed by atoms with E-state index in [2.05, 4.69) is 5.32 Å². The molecule has 4 nitrogen and oxygen atoms in total. The van der Waals surface area contributed by atoms with Gasteiger partial charge in [0.25, 0.3) is 5.91 Å². The van der Waals surface area contributed by atoms with Crippen LogP contribution in [0, 0.1) is 11.6 Å². The molecule has 0 radical (unpaired) electrons. The Balaban J connectivity index is 1.49. The van der Waals surface area contributed by atoms with Crippen molar-refractivity contribution in [2.45, 2.75) is 18.9 Å². The zero-order valence-corrected chi connectivity index (χ0v) is 14.8. The fourth-order valence-corrected chi connectivity index (χ4v) is 4.63. The highest BCUT2D eigenvalue weighted by Crippen LogP contribution is 2.28. The molecule has 1 aliphatic heterocycles. The van der Waals surface area contributed by atoms with Crippen molar-refractivity contribution in [3.8, 4) is 0 Å². The molecule has 3 aromatic rings. The normalized spacial score (nSPS) is 19.8. The molecule has 0 aliphatic carbocycles. The Bertz CT molecular complexity index is 906. The number of hydrogen-bond donors (Lipinski definition) is 2. The quantitative estimate of drug-likeness (QED) is 0.738. The summed E-state index contributed by atoms with van der Waals surface area (Å²) >= 11 is 1.65. The van der Waals surface area contributed by atoms with E-state index in [0.717, 1.165) is 51.6 Å². The molecule has 2 aromatic carbocycles. The van der Waals surface area contributed by atoms with Crippen LogP contribution in [0.5, 0.6) is 0 Å². The topological polar surface area (TPSA) is 46.4 Å². The van der Waals surface area contributed by atoms with Crippen LogP contribution in [0.15, 0.2) is 42.5 Å². The summed E-state index contributed by atoms with van der Waals surface area (Å²) in [5.74, 6) is -1.92. The van der Waals surface area contributed by atoms with E-state index >= 15 is 0 Å². The Morgan fingerprint density at radius 2 is 1.96 bits per heavy atom. The van der Waals surface area contributed by atoms with Crippen molar-refractivity contribution in [3.05, 3.63) is 59.1 Å². The summed E-state index contributed by atoms with van der Waals surface area (Å²) < 4.78 is 28.6. The number of para-hydroxylation sites is 2. The van der Waals surface area contributed by atoms with Crippen LogP contribution in [0.4, 0.5) is 14.5 Å². The van der Waals surface area contributed by atoms with Gasteiger partial charge in [-0.1, -0.05) is 18.2 Å². The lowest BCUT2D eigenvalue weighted by Gasteiger charge is -2.19. The van der Waals surface area contributed by atoms with Gasteiger partial charge in [0.15, 0.2) is 11.6 Å². The SMILES string of the molecule is O=C(C[NH+]1CCC[C@H]1c1nc2ccccc2s1)Nc1c(F)cccc1F. The molecular weight excluding hydrogens is 356 g/mol.